The summed E-state index contributed by atoms with van der Waals surface area (Å²) < 4.78 is 0. The maximum absolute atomic E-state index is 4.08. The number of benzene rings is 4. The molecule has 0 aliphatic rings. The Labute approximate surface area is 204 Å². The smallest absolute Gasteiger partial charge is 0.0406 e. The van der Waals surface area contributed by atoms with E-state index in [1.807, 2.05) is 62.4 Å². The second-order valence-corrected chi connectivity index (χ2v) is 7.77. The summed E-state index contributed by atoms with van der Waals surface area (Å²) in [5.41, 5.74) is 8.21. The summed E-state index contributed by atoms with van der Waals surface area (Å²) in [5.74, 6) is 13.5. The highest BCUT2D eigenvalue weighted by atomic mass is 14.2. The number of hydrogen-bond acceptors (Lipinski definition) is 0. The molecule has 0 saturated heterocycles. The fourth-order valence-corrected chi connectivity index (χ4v) is 3.89. The summed E-state index contributed by atoms with van der Waals surface area (Å²) in [6.07, 6.45) is 3.73. The van der Waals surface area contributed by atoms with Gasteiger partial charge in [-0.25, -0.2) is 0 Å². The summed E-state index contributed by atoms with van der Waals surface area (Å²) in [6.45, 7) is 16.3. The molecule has 34 heavy (non-hydrogen) atoms. The number of fused-ring (bicyclic) bond motifs is 1. The van der Waals surface area contributed by atoms with Crippen molar-refractivity contribution in [3.8, 4) is 23.7 Å². The minimum atomic E-state index is 0.952. The summed E-state index contributed by atoms with van der Waals surface area (Å²) in [6, 6.07) is 24.8. The van der Waals surface area contributed by atoms with E-state index in [1.165, 1.54) is 11.1 Å². The van der Waals surface area contributed by atoms with Crippen LogP contribution in [0.4, 0.5) is 0 Å². The second kappa shape index (κ2) is 11.6. The summed E-state index contributed by atoms with van der Waals surface area (Å²) in [5, 5.41) is 2.14. The minimum Gasteiger partial charge on any atom is -0.0984 e. The van der Waals surface area contributed by atoms with E-state index in [9.17, 15) is 0 Å². The van der Waals surface area contributed by atoms with Gasteiger partial charge >= 0.3 is 0 Å². The van der Waals surface area contributed by atoms with Crippen molar-refractivity contribution in [3.05, 3.63) is 130 Å². The Bertz CT molecular complexity index is 1360. The van der Waals surface area contributed by atoms with E-state index in [0.717, 1.165) is 44.2 Å². The van der Waals surface area contributed by atoms with Crippen LogP contribution in [0.3, 0.4) is 0 Å². The first-order valence-electron chi connectivity index (χ1n) is 11.6. The molecule has 0 radical (unpaired) electrons. The fraction of sp³-hybridized carbons (Fsp3) is 0.118. The third-order valence-corrected chi connectivity index (χ3v) is 5.40. The van der Waals surface area contributed by atoms with Gasteiger partial charge in [-0.3, -0.25) is 0 Å². The van der Waals surface area contributed by atoms with Crippen LogP contribution in [0.1, 0.15) is 58.4 Å². The predicted molar refractivity (Wildman–Crippen MR) is 150 cm³/mol. The first-order chi connectivity index (χ1) is 16.6. The highest BCUT2D eigenvalue weighted by Crippen LogP contribution is 2.32. The molecule has 0 bridgehead atoms. The molecule has 0 N–H and O–H groups in total. The molecule has 4 rings (SSSR count). The number of hydrogen-bond donors (Lipinski definition) is 0. The van der Waals surface area contributed by atoms with Gasteiger partial charge < -0.3 is 0 Å². The molecule has 0 aliphatic heterocycles. The van der Waals surface area contributed by atoms with Crippen molar-refractivity contribution in [1.29, 1.82) is 0 Å². The van der Waals surface area contributed by atoms with Crippen LogP contribution < -0.4 is 0 Å². The first-order valence-corrected chi connectivity index (χ1v) is 11.6. The maximum Gasteiger partial charge on any atom is 0.0406 e. The molecule has 0 heteroatoms. The van der Waals surface area contributed by atoms with Crippen LogP contribution in [0.15, 0.2) is 86.0 Å². The van der Waals surface area contributed by atoms with Crippen molar-refractivity contribution in [2.75, 3.05) is 0 Å². The van der Waals surface area contributed by atoms with Gasteiger partial charge in [-0.15, -0.1) is 0 Å². The van der Waals surface area contributed by atoms with Gasteiger partial charge in [0, 0.05) is 22.3 Å². The lowest BCUT2D eigenvalue weighted by Gasteiger charge is -2.13. The molecule has 0 heterocycles. The van der Waals surface area contributed by atoms with E-state index >= 15 is 0 Å². The molecule has 4 aromatic rings. The Kier molecular flexibility index (Phi) is 8.29. The van der Waals surface area contributed by atoms with Crippen LogP contribution >= 0.6 is 0 Å². The summed E-state index contributed by atoms with van der Waals surface area (Å²) in [4.78, 5) is 0. The van der Waals surface area contributed by atoms with Crippen LogP contribution in [0, 0.1) is 37.5 Å². The molecule has 0 aromatic heterocycles. The molecule has 166 valence electrons. The largest absolute Gasteiger partial charge is 0.0984 e. The quantitative estimate of drug-likeness (QED) is 0.275. The standard InChI is InChI=1S/C32H24.C2H6/c1-5-27-28(6-2)32(20-18-26-14-10-12-24(4)22-26)30-16-8-7-15-29(30)31(27)19-17-25-13-9-11-23(3)21-25;1-2/h5-16,21-22H,1-2H2,3-4H3;1-2H3. The summed E-state index contributed by atoms with van der Waals surface area (Å²) in [7, 11) is 0. The Morgan fingerprint density at radius 3 is 1.32 bits per heavy atom. The SMILES string of the molecule is C=Cc1c(C=C)c(C#Cc2cccc(C)c2)c2ccccc2c1C#Cc1cccc(C)c1.CC. The van der Waals surface area contributed by atoms with Crippen LogP contribution in [0.2, 0.25) is 0 Å². The Morgan fingerprint density at radius 2 is 0.971 bits per heavy atom. The lowest BCUT2D eigenvalue weighted by atomic mass is 9.89. The zero-order valence-electron chi connectivity index (χ0n) is 20.5. The number of rotatable bonds is 2. The van der Waals surface area contributed by atoms with Crippen molar-refractivity contribution in [2.45, 2.75) is 27.7 Å². The molecular formula is C34H30. The molecule has 0 fully saturated rings. The van der Waals surface area contributed by atoms with Gasteiger partial charge in [0.1, 0.15) is 0 Å². The summed E-state index contributed by atoms with van der Waals surface area (Å²) >= 11 is 0. The van der Waals surface area contributed by atoms with Crippen molar-refractivity contribution >= 4 is 22.9 Å². The minimum absolute atomic E-state index is 0.952. The Morgan fingerprint density at radius 1 is 0.559 bits per heavy atom. The number of aryl methyl sites for hydroxylation is 2. The molecule has 0 spiro atoms. The normalized spacial score (nSPS) is 9.53. The Balaban J connectivity index is 0.00000158. The molecule has 0 atom stereocenters. The molecule has 0 aliphatic carbocycles. The second-order valence-electron chi connectivity index (χ2n) is 7.77. The lowest BCUT2D eigenvalue weighted by Crippen LogP contribution is -1.96. The third kappa shape index (κ3) is 5.38. The van der Waals surface area contributed by atoms with E-state index in [0.29, 0.717) is 0 Å². The molecule has 4 aromatic carbocycles. The van der Waals surface area contributed by atoms with Crippen molar-refractivity contribution in [1.82, 2.24) is 0 Å². The van der Waals surface area contributed by atoms with E-state index in [4.69, 9.17) is 0 Å². The van der Waals surface area contributed by atoms with Crippen LogP contribution in [0.5, 0.6) is 0 Å². The molecule has 0 saturated carbocycles. The van der Waals surface area contributed by atoms with Crippen molar-refractivity contribution in [3.63, 3.8) is 0 Å². The highest BCUT2D eigenvalue weighted by Gasteiger charge is 2.14. The monoisotopic (exact) mass is 438 g/mol. The zero-order chi connectivity index (χ0) is 24.5. The van der Waals surface area contributed by atoms with Crippen LogP contribution in [-0.2, 0) is 0 Å². The molecule has 0 unspecified atom stereocenters. The Hall–Kier alpha value is -4.26. The van der Waals surface area contributed by atoms with E-state index in [1.54, 1.807) is 0 Å². The third-order valence-electron chi connectivity index (χ3n) is 5.40. The van der Waals surface area contributed by atoms with Gasteiger partial charge in [0.25, 0.3) is 0 Å². The topological polar surface area (TPSA) is 0 Å². The first kappa shape index (κ1) is 24.4. The van der Waals surface area contributed by atoms with E-state index in [2.05, 4.69) is 87.1 Å². The molecular weight excluding hydrogens is 408 g/mol. The van der Waals surface area contributed by atoms with E-state index in [-0.39, 0.29) is 0 Å². The zero-order valence-corrected chi connectivity index (χ0v) is 20.5. The highest BCUT2D eigenvalue weighted by molar-refractivity contribution is 5.99. The van der Waals surface area contributed by atoms with Gasteiger partial charge in [0.15, 0.2) is 0 Å². The van der Waals surface area contributed by atoms with Gasteiger partial charge in [0.05, 0.1) is 0 Å². The predicted octanol–water partition coefficient (Wildman–Crippen LogP) is 8.57. The lowest BCUT2D eigenvalue weighted by molar-refractivity contribution is 1.45. The van der Waals surface area contributed by atoms with Crippen LogP contribution in [-0.4, -0.2) is 0 Å². The van der Waals surface area contributed by atoms with Crippen LogP contribution in [0.25, 0.3) is 22.9 Å². The van der Waals surface area contributed by atoms with Gasteiger partial charge in [-0.1, -0.05) is 111 Å². The average molecular weight is 439 g/mol. The molecule has 0 amide bonds. The maximum atomic E-state index is 4.08. The molecule has 0 nitrogen and oxygen atoms in total. The van der Waals surface area contributed by atoms with Gasteiger partial charge in [0.2, 0.25) is 0 Å². The fourth-order valence-electron chi connectivity index (χ4n) is 3.89. The van der Waals surface area contributed by atoms with E-state index < -0.39 is 0 Å². The van der Waals surface area contributed by atoms with Gasteiger partial charge in [-0.05, 0) is 71.1 Å². The average Bonchev–Trinajstić information content (AvgIpc) is 2.87. The van der Waals surface area contributed by atoms with Crippen molar-refractivity contribution < 1.29 is 0 Å². The van der Waals surface area contributed by atoms with Crippen molar-refractivity contribution in [2.24, 2.45) is 0 Å². The van der Waals surface area contributed by atoms with Gasteiger partial charge in [-0.2, -0.15) is 0 Å².